The molecule has 5 heteroatoms. The second kappa shape index (κ2) is 9.72. The van der Waals surface area contributed by atoms with E-state index in [9.17, 15) is 10.2 Å². The maximum Gasteiger partial charge on any atom is 0.119 e. The number of hydrogen-bond donors (Lipinski definition) is 2. The molecule has 2 N–H and O–H groups in total. The normalized spacial score (nSPS) is 14.0. The first-order valence-electron chi connectivity index (χ1n) is 6.83. The lowest BCUT2D eigenvalue weighted by Crippen LogP contribution is -2.24. The van der Waals surface area contributed by atoms with Gasteiger partial charge in [-0.15, -0.1) is 0 Å². The number of aliphatic hydroxyl groups excluding tert-OH is 2. The Bertz CT molecular complexity index is 352. The van der Waals surface area contributed by atoms with Gasteiger partial charge in [-0.2, -0.15) is 0 Å². The molecule has 2 atom stereocenters. The molecule has 0 saturated heterocycles. The molecule has 0 spiro atoms. The van der Waals surface area contributed by atoms with Crippen molar-refractivity contribution < 1.29 is 24.4 Å². The van der Waals surface area contributed by atoms with Crippen LogP contribution < -0.4 is 4.74 Å². The highest BCUT2D eigenvalue weighted by molar-refractivity contribution is 5.28. The summed E-state index contributed by atoms with van der Waals surface area (Å²) < 4.78 is 15.5. The van der Waals surface area contributed by atoms with Crippen molar-refractivity contribution >= 4 is 0 Å². The van der Waals surface area contributed by atoms with Gasteiger partial charge in [0.25, 0.3) is 0 Å². The van der Waals surface area contributed by atoms with Gasteiger partial charge in [-0.1, -0.05) is 19.1 Å². The van der Waals surface area contributed by atoms with Gasteiger partial charge in [-0.3, -0.25) is 0 Å². The van der Waals surface area contributed by atoms with E-state index in [0.29, 0.717) is 25.4 Å². The van der Waals surface area contributed by atoms with Gasteiger partial charge < -0.3 is 24.4 Å². The summed E-state index contributed by atoms with van der Waals surface area (Å²) in [7, 11) is 1.60. The Morgan fingerprint density at radius 2 is 1.75 bits per heavy atom. The molecule has 1 aromatic carbocycles. The smallest absolute Gasteiger partial charge is 0.119 e. The quantitative estimate of drug-likeness (QED) is 0.638. The molecule has 0 saturated carbocycles. The van der Waals surface area contributed by atoms with Crippen molar-refractivity contribution in [1.82, 2.24) is 0 Å². The molecule has 114 valence electrons. The summed E-state index contributed by atoms with van der Waals surface area (Å²) in [6.07, 6.45) is -0.436. The maximum absolute atomic E-state index is 9.67. The Morgan fingerprint density at radius 3 is 2.35 bits per heavy atom. The third-order valence-electron chi connectivity index (χ3n) is 2.84. The van der Waals surface area contributed by atoms with Gasteiger partial charge in [-0.05, 0) is 24.1 Å². The largest absolute Gasteiger partial charge is 0.491 e. The third-order valence-corrected chi connectivity index (χ3v) is 2.84. The minimum Gasteiger partial charge on any atom is -0.491 e. The molecule has 5 nitrogen and oxygen atoms in total. The number of methoxy groups -OCH3 is 1. The Hall–Kier alpha value is -1.14. The van der Waals surface area contributed by atoms with Gasteiger partial charge in [0.15, 0.2) is 0 Å². The first-order valence-corrected chi connectivity index (χ1v) is 6.83. The fourth-order valence-corrected chi connectivity index (χ4v) is 1.62. The third kappa shape index (κ3) is 6.34. The summed E-state index contributed by atoms with van der Waals surface area (Å²) in [4.78, 5) is 0. The minimum atomic E-state index is -0.673. The lowest BCUT2D eigenvalue weighted by molar-refractivity contribution is -0.00420. The van der Waals surface area contributed by atoms with E-state index in [2.05, 4.69) is 0 Å². The number of aliphatic hydroxyl groups is 2. The molecule has 0 bridgehead atoms. The predicted octanol–water partition coefficient (Wildman–Crippen LogP) is 1.53. The van der Waals surface area contributed by atoms with Crippen LogP contribution in [0.15, 0.2) is 24.3 Å². The summed E-state index contributed by atoms with van der Waals surface area (Å²) >= 11 is 0. The van der Waals surface area contributed by atoms with Crippen molar-refractivity contribution in [3.8, 4) is 5.75 Å². The lowest BCUT2D eigenvalue weighted by Gasteiger charge is -2.13. The van der Waals surface area contributed by atoms with Crippen LogP contribution in [0.3, 0.4) is 0 Å². The van der Waals surface area contributed by atoms with E-state index in [1.807, 2.05) is 19.1 Å². The predicted molar refractivity (Wildman–Crippen MR) is 75.9 cm³/mol. The fourth-order valence-electron chi connectivity index (χ4n) is 1.62. The lowest BCUT2D eigenvalue weighted by atomic mass is 10.1. The summed E-state index contributed by atoms with van der Waals surface area (Å²) in [5.74, 6) is 0.660. The Kier molecular flexibility index (Phi) is 8.22. The minimum absolute atomic E-state index is 0.169. The van der Waals surface area contributed by atoms with Crippen LogP contribution in [0.5, 0.6) is 5.75 Å². The molecule has 0 aliphatic carbocycles. The molecule has 0 heterocycles. The van der Waals surface area contributed by atoms with E-state index in [0.717, 1.165) is 5.56 Å². The van der Waals surface area contributed by atoms with Gasteiger partial charge in [0.2, 0.25) is 0 Å². The molecule has 2 unspecified atom stereocenters. The molecule has 20 heavy (non-hydrogen) atoms. The van der Waals surface area contributed by atoms with Crippen LogP contribution in [0.2, 0.25) is 0 Å². The summed E-state index contributed by atoms with van der Waals surface area (Å²) in [5, 5.41) is 19.3. The molecule has 1 rings (SSSR count). The number of benzene rings is 1. The van der Waals surface area contributed by atoms with E-state index in [1.165, 1.54) is 0 Å². The highest BCUT2D eigenvalue weighted by atomic mass is 16.5. The zero-order chi connectivity index (χ0) is 14.8. The van der Waals surface area contributed by atoms with Crippen LogP contribution in [0, 0.1) is 0 Å². The molecular weight excluding hydrogens is 260 g/mol. The molecule has 0 radical (unpaired) electrons. The van der Waals surface area contributed by atoms with Crippen LogP contribution in [-0.4, -0.2) is 49.9 Å². The van der Waals surface area contributed by atoms with E-state index in [-0.39, 0.29) is 13.2 Å². The average Bonchev–Trinajstić information content (AvgIpc) is 2.49. The molecule has 0 aliphatic heterocycles. The first kappa shape index (κ1) is 16.9. The Morgan fingerprint density at radius 1 is 1.05 bits per heavy atom. The van der Waals surface area contributed by atoms with Crippen LogP contribution in [-0.2, 0) is 9.47 Å². The Balaban J connectivity index is 2.27. The van der Waals surface area contributed by atoms with Gasteiger partial charge in [0.1, 0.15) is 18.5 Å². The maximum atomic E-state index is 9.67. The van der Waals surface area contributed by atoms with Gasteiger partial charge in [0.05, 0.1) is 25.9 Å². The van der Waals surface area contributed by atoms with E-state index in [4.69, 9.17) is 14.2 Å². The van der Waals surface area contributed by atoms with Crippen molar-refractivity contribution in [3.05, 3.63) is 29.8 Å². The van der Waals surface area contributed by atoms with E-state index in [1.54, 1.807) is 19.2 Å². The summed E-state index contributed by atoms with van der Waals surface area (Å²) in [6.45, 7) is 3.28. The van der Waals surface area contributed by atoms with Crippen molar-refractivity contribution in [2.24, 2.45) is 0 Å². The number of rotatable bonds is 10. The highest BCUT2D eigenvalue weighted by Gasteiger charge is 2.07. The summed E-state index contributed by atoms with van der Waals surface area (Å²) in [5.41, 5.74) is 0.864. The molecule has 1 aromatic rings. The molecule has 0 aliphatic rings. The van der Waals surface area contributed by atoms with Gasteiger partial charge in [-0.25, -0.2) is 0 Å². The Labute approximate surface area is 120 Å². The number of ether oxygens (including phenoxy) is 3. The molecular formula is C15H24O5. The van der Waals surface area contributed by atoms with Crippen LogP contribution in [0.1, 0.15) is 25.0 Å². The van der Waals surface area contributed by atoms with Crippen LogP contribution >= 0.6 is 0 Å². The topological polar surface area (TPSA) is 68.2 Å². The zero-order valence-corrected chi connectivity index (χ0v) is 12.1. The SMILES string of the molecule is CCC(O)c1ccc(OCC(O)COCCOC)cc1. The van der Waals surface area contributed by atoms with Gasteiger partial charge in [0, 0.05) is 7.11 Å². The first-order chi connectivity index (χ1) is 9.67. The van der Waals surface area contributed by atoms with Crippen molar-refractivity contribution in [3.63, 3.8) is 0 Å². The fraction of sp³-hybridized carbons (Fsp3) is 0.600. The summed E-state index contributed by atoms with van der Waals surface area (Å²) in [6, 6.07) is 7.22. The van der Waals surface area contributed by atoms with E-state index < -0.39 is 12.2 Å². The molecule has 0 fully saturated rings. The molecule has 0 amide bonds. The molecule has 0 aromatic heterocycles. The second-order valence-electron chi connectivity index (χ2n) is 4.53. The van der Waals surface area contributed by atoms with Gasteiger partial charge >= 0.3 is 0 Å². The standard InChI is InChI=1S/C15H24O5/c1-3-15(17)12-4-6-14(7-5-12)20-11-13(16)10-19-9-8-18-2/h4-7,13,15-17H,3,8-11H2,1-2H3. The van der Waals surface area contributed by atoms with Crippen molar-refractivity contribution in [1.29, 1.82) is 0 Å². The second-order valence-corrected chi connectivity index (χ2v) is 4.53. The van der Waals surface area contributed by atoms with Crippen molar-refractivity contribution in [2.45, 2.75) is 25.6 Å². The van der Waals surface area contributed by atoms with Crippen LogP contribution in [0.4, 0.5) is 0 Å². The van der Waals surface area contributed by atoms with Crippen LogP contribution in [0.25, 0.3) is 0 Å². The average molecular weight is 284 g/mol. The van der Waals surface area contributed by atoms with E-state index >= 15 is 0 Å². The number of hydrogen-bond acceptors (Lipinski definition) is 5. The monoisotopic (exact) mass is 284 g/mol. The highest BCUT2D eigenvalue weighted by Crippen LogP contribution is 2.19. The zero-order valence-electron chi connectivity index (χ0n) is 12.1. The van der Waals surface area contributed by atoms with Crippen molar-refractivity contribution in [2.75, 3.05) is 33.5 Å².